The Morgan fingerprint density at radius 3 is 2.84 bits per heavy atom. The molecule has 6 nitrogen and oxygen atoms in total. The fourth-order valence-electron chi connectivity index (χ4n) is 2.31. The van der Waals surface area contributed by atoms with Gasteiger partial charge < -0.3 is 15.3 Å². The Hall–Kier alpha value is -1.69. The van der Waals surface area contributed by atoms with Gasteiger partial charge in [0.1, 0.15) is 5.82 Å². The van der Waals surface area contributed by atoms with E-state index in [-0.39, 0.29) is 5.69 Å². The zero-order valence-electron chi connectivity index (χ0n) is 11.2. The smallest absolute Gasteiger partial charge is 0.356 e. The Morgan fingerprint density at radius 1 is 1.47 bits per heavy atom. The lowest BCUT2D eigenvalue weighted by molar-refractivity contribution is 0.0690. The molecule has 1 aliphatic heterocycles. The van der Waals surface area contributed by atoms with Crippen LogP contribution in [0.2, 0.25) is 0 Å². The molecule has 0 amide bonds. The van der Waals surface area contributed by atoms with Crippen molar-refractivity contribution in [1.29, 1.82) is 0 Å². The van der Waals surface area contributed by atoms with E-state index in [9.17, 15) is 4.79 Å². The van der Waals surface area contributed by atoms with Gasteiger partial charge in [0, 0.05) is 6.54 Å². The van der Waals surface area contributed by atoms with Gasteiger partial charge in [-0.05, 0) is 38.4 Å². The van der Waals surface area contributed by atoms with Gasteiger partial charge in [-0.1, -0.05) is 6.92 Å². The topological polar surface area (TPSA) is 78.4 Å². The second kappa shape index (κ2) is 6.47. The van der Waals surface area contributed by atoms with E-state index < -0.39 is 5.97 Å². The normalized spacial score (nSPS) is 17.3. The fraction of sp³-hybridized carbons (Fsp3) is 0.615. The van der Waals surface area contributed by atoms with Crippen LogP contribution < -0.4 is 5.32 Å². The Balaban J connectivity index is 1.82. The third kappa shape index (κ3) is 3.89. The quantitative estimate of drug-likeness (QED) is 0.835. The average Bonchev–Trinajstić information content (AvgIpc) is 2.46. The number of carboxylic acids is 1. The molecule has 6 heteroatoms. The molecular formula is C13H20N4O2. The van der Waals surface area contributed by atoms with Gasteiger partial charge in [0.15, 0.2) is 5.69 Å². The van der Waals surface area contributed by atoms with Crippen molar-refractivity contribution in [3.63, 3.8) is 0 Å². The lowest BCUT2D eigenvalue weighted by atomic mass is 9.97. The number of anilines is 1. The Morgan fingerprint density at radius 2 is 2.21 bits per heavy atom. The predicted molar refractivity (Wildman–Crippen MR) is 72.3 cm³/mol. The third-order valence-electron chi connectivity index (χ3n) is 3.58. The number of nitrogens with zero attached hydrogens (tertiary/aromatic N) is 3. The minimum atomic E-state index is -1.05. The van der Waals surface area contributed by atoms with Crippen molar-refractivity contribution in [3.05, 3.63) is 18.1 Å². The van der Waals surface area contributed by atoms with Gasteiger partial charge >= 0.3 is 5.97 Å². The number of rotatable bonds is 5. The standard InChI is InChI=1S/C13H20N4O2/c1-2-17-5-3-10(4-6-17)7-15-12-9-14-8-11(16-12)13(18)19/h8-10H,2-7H2,1H3,(H,15,16)(H,18,19). The number of nitrogens with one attached hydrogen (secondary N) is 1. The van der Waals surface area contributed by atoms with Crippen LogP contribution in [0, 0.1) is 5.92 Å². The molecule has 2 rings (SSSR count). The van der Waals surface area contributed by atoms with E-state index in [1.165, 1.54) is 19.0 Å². The number of likely N-dealkylation sites (tertiary alicyclic amines) is 1. The first-order valence-electron chi connectivity index (χ1n) is 6.70. The molecule has 2 N–H and O–H groups in total. The van der Waals surface area contributed by atoms with Crippen molar-refractivity contribution < 1.29 is 9.90 Å². The molecule has 0 atom stereocenters. The molecule has 1 saturated heterocycles. The third-order valence-corrected chi connectivity index (χ3v) is 3.58. The van der Waals surface area contributed by atoms with Gasteiger partial charge in [0.2, 0.25) is 0 Å². The van der Waals surface area contributed by atoms with Crippen LogP contribution in [-0.2, 0) is 0 Å². The first-order valence-corrected chi connectivity index (χ1v) is 6.70. The van der Waals surface area contributed by atoms with Crippen LogP contribution in [0.1, 0.15) is 30.3 Å². The fourth-order valence-corrected chi connectivity index (χ4v) is 2.31. The minimum Gasteiger partial charge on any atom is -0.476 e. The van der Waals surface area contributed by atoms with Gasteiger partial charge in [0.25, 0.3) is 0 Å². The van der Waals surface area contributed by atoms with Crippen molar-refractivity contribution in [3.8, 4) is 0 Å². The van der Waals surface area contributed by atoms with Crippen LogP contribution in [0.3, 0.4) is 0 Å². The Kier molecular flexibility index (Phi) is 4.68. The highest BCUT2D eigenvalue weighted by atomic mass is 16.4. The van der Waals surface area contributed by atoms with E-state index in [0.717, 1.165) is 26.2 Å². The lowest BCUT2D eigenvalue weighted by Crippen LogP contribution is -2.35. The molecule has 1 fully saturated rings. The molecule has 2 heterocycles. The summed E-state index contributed by atoms with van der Waals surface area (Å²) in [6.07, 6.45) is 5.17. The van der Waals surface area contributed by atoms with Crippen LogP contribution in [0.4, 0.5) is 5.82 Å². The number of aromatic carboxylic acids is 1. The van der Waals surface area contributed by atoms with E-state index in [1.54, 1.807) is 6.20 Å². The van der Waals surface area contributed by atoms with E-state index >= 15 is 0 Å². The highest BCUT2D eigenvalue weighted by Crippen LogP contribution is 2.17. The molecule has 1 aromatic rings. The van der Waals surface area contributed by atoms with Crippen molar-refractivity contribution in [2.45, 2.75) is 19.8 Å². The van der Waals surface area contributed by atoms with Crippen LogP contribution in [0.15, 0.2) is 12.4 Å². The SMILES string of the molecule is CCN1CCC(CNc2cncc(C(=O)O)n2)CC1. The summed E-state index contributed by atoms with van der Waals surface area (Å²) in [7, 11) is 0. The highest BCUT2D eigenvalue weighted by molar-refractivity contribution is 5.85. The van der Waals surface area contributed by atoms with Gasteiger partial charge in [-0.3, -0.25) is 4.98 Å². The van der Waals surface area contributed by atoms with E-state index in [0.29, 0.717) is 11.7 Å². The first-order chi connectivity index (χ1) is 9.19. The molecular weight excluding hydrogens is 244 g/mol. The highest BCUT2D eigenvalue weighted by Gasteiger charge is 2.18. The van der Waals surface area contributed by atoms with Gasteiger partial charge in [-0.2, -0.15) is 0 Å². The maximum absolute atomic E-state index is 10.8. The molecule has 19 heavy (non-hydrogen) atoms. The van der Waals surface area contributed by atoms with Crippen molar-refractivity contribution in [2.24, 2.45) is 5.92 Å². The summed E-state index contributed by atoms with van der Waals surface area (Å²) >= 11 is 0. The van der Waals surface area contributed by atoms with Crippen LogP contribution in [0.5, 0.6) is 0 Å². The molecule has 1 aliphatic rings. The van der Waals surface area contributed by atoms with E-state index in [1.807, 2.05) is 0 Å². The number of carbonyl (C=O) groups is 1. The van der Waals surface area contributed by atoms with Crippen LogP contribution in [-0.4, -0.2) is 52.1 Å². The summed E-state index contributed by atoms with van der Waals surface area (Å²) in [4.78, 5) is 21.1. The molecule has 0 aliphatic carbocycles. The van der Waals surface area contributed by atoms with Crippen LogP contribution in [0.25, 0.3) is 0 Å². The monoisotopic (exact) mass is 264 g/mol. The molecule has 0 radical (unpaired) electrons. The van der Waals surface area contributed by atoms with Gasteiger partial charge in [-0.15, -0.1) is 0 Å². The summed E-state index contributed by atoms with van der Waals surface area (Å²) < 4.78 is 0. The van der Waals surface area contributed by atoms with E-state index in [4.69, 9.17) is 5.11 Å². The molecule has 0 aromatic carbocycles. The maximum atomic E-state index is 10.8. The predicted octanol–water partition coefficient (Wildman–Crippen LogP) is 1.32. The molecule has 104 valence electrons. The van der Waals surface area contributed by atoms with E-state index in [2.05, 4.69) is 27.1 Å². The Labute approximate surface area is 112 Å². The van der Waals surface area contributed by atoms with Crippen LogP contribution >= 0.6 is 0 Å². The Bertz CT molecular complexity index is 430. The summed E-state index contributed by atoms with van der Waals surface area (Å²) in [6, 6.07) is 0. The lowest BCUT2D eigenvalue weighted by Gasteiger charge is -2.31. The van der Waals surface area contributed by atoms with Crippen molar-refractivity contribution >= 4 is 11.8 Å². The van der Waals surface area contributed by atoms with Crippen molar-refractivity contribution in [2.75, 3.05) is 31.5 Å². The number of hydrogen-bond acceptors (Lipinski definition) is 5. The summed E-state index contributed by atoms with van der Waals surface area (Å²) in [5.41, 5.74) is -0.0224. The summed E-state index contributed by atoms with van der Waals surface area (Å²) in [5, 5.41) is 12.0. The second-order valence-corrected chi connectivity index (χ2v) is 4.85. The summed E-state index contributed by atoms with van der Waals surface area (Å²) in [5.74, 6) is 0.114. The molecule has 0 unspecified atom stereocenters. The minimum absolute atomic E-state index is 0.0224. The second-order valence-electron chi connectivity index (χ2n) is 4.85. The zero-order chi connectivity index (χ0) is 13.7. The molecule has 0 saturated carbocycles. The number of hydrogen-bond donors (Lipinski definition) is 2. The molecule has 0 spiro atoms. The molecule has 1 aromatic heterocycles. The number of piperidine rings is 1. The average molecular weight is 264 g/mol. The zero-order valence-corrected chi connectivity index (χ0v) is 11.2. The first kappa shape index (κ1) is 13.7. The maximum Gasteiger partial charge on any atom is 0.356 e. The number of carboxylic acid groups (broad SMARTS) is 1. The summed E-state index contributed by atoms with van der Waals surface area (Å²) in [6.45, 7) is 6.42. The molecule has 0 bridgehead atoms. The van der Waals surface area contributed by atoms with Crippen molar-refractivity contribution in [1.82, 2.24) is 14.9 Å². The van der Waals surface area contributed by atoms with Gasteiger partial charge in [0.05, 0.1) is 12.4 Å². The van der Waals surface area contributed by atoms with Gasteiger partial charge in [-0.25, -0.2) is 9.78 Å². The largest absolute Gasteiger partial charge is 0.476 e. The number of aromatic nitrogens is 2.